The Labute approximate surface area is 158 Å². The Hall–Kier alpha value is -2.67. The number of halogens is 1. The molecule has 0 atom stereocenters. The van der Waals surface area contributed by atoms with Gasteiger partial charge in [0.05, 0.1) is 17.2 Å². The number of aryl methyl sites for hydroxylation is 1. The molecule has 0 radical (unpaired) electrons. The molecule has 0 aliphatic heterocycles. The molecule has 0 saturated carbocycles. The van der Waals surface area contributed by atoms with E-state index < -0.39 is 28.4 Å². The minimum absolute atomic E-state index is 0.111. The molecule has 0 heterocycles. The normalized spacial score (nSPS) is 13.5. The molecule has 2 aromatic carbocycles. The lowest BCUT2D eigenvalue weighted by molar-refractivity contribution is -0.141. The minimum atomic E-state index is -4.10. The van der Waals surface area contributed by atoms with Gasteiger partial charge in [-0.3, -0.25) is 9.10 Å². The third-order valence-electron chi connectivity index (χ3n) is 4.33. The second kappa shape index (κ2) is 7.92. The molecule has 142 valence electrons. The molecule has 7 heteroatoms. The van der Waals surface area contributed by atoms with Crippen molar-refractivity contribution in [2.75, 3.05) is 17.5 Å². The van der Waals surface area contributed by atoms with Gasteiger partial charge in [-0.2, -0.15) is 0 Å². The topological polar surface area (TPSA) is 63.7 Å². The summed E-state index contributed by atoms with van der Waals surface area (Å²) in [5.74, 6) is -1.46. The van der Waals surface area contributed by atoms with Gasteiger partial charge in [0.25, 0.3) is 10.0 Å². The highest BCUT2D eigenvalue weighted by Crippen LogP contribution is 2.32. The van der Waals surface area contributed by atoms with E-state index in [1.165, 1.54) is 18.2 Å². The van der Waals surface area contributed by atoms with Crippen LogP contribution in [0.25, 0.3) is 6.08 Å². The first kappa shape index (κ1) is 19.1. The Bertz CT molecular complexity index is 985. The maximum atomic E-state index is 14.3. The number of esters is 1. The fraction of sp³-hybridized carbons (Fsp3) is 0.250. The van der Waals surface area contributed by atoms with Crippen molar-refractivity contribution < 1.29 is 22.3 Å². The zero-order valence-electron chi connectivity index (χ0n) is 14.9. The van der Waals surface area contributed by atoms with Crippen molar-refractivity contribution >= 4 is 27.8 Å². The monoisotopic (exact) mass is 389 g/mol. The van der Waals surface area contributed by atoms with Crippen LogP contribution in [-0.2, 0) is 26.0 Å². The Morgan fingerprint density at radius 2 is 1.81 bits per heavy atom. The average molecular weight is 389 g/mol. The molecule has 0 bridgehead atoms. The number of anilines is 1. The number of nitrogens with zero attached hydrogens (tertiary/aromatic N) is 1. The predicted molar refractivity (Wildman–Crippen MR) is 102 cm³/mol. The summed E-state index contributed by atoms with van der Waals surface area (Å²) in [5, 5.41) is 0. The number of fused-ring (bicyclic) bond motifs is 1. The number of carbonyl (C=O) groups excluding carboxylic acids is 1. The lowest BCUT2D eigenvalue weighted by Gasteiger charge is -2.27. The van der Waals surface area contributed by atoms with Crippen LogP contribution in [0, 0.1) is 5.82 Å². The van der Waals surface area contributed by atoms with Gasteiger partial charge in [0, 0.05) is 0 Å². The van der Waals surface area contributed by atoms with Crippen LogP contribution in [-0.4, -0.2) is 27.5 Å². The zero-order chi connectivity index (χ0) is 19.4. The Balaban J connectivity index is 2.04. The van der Waals surface area contributed by atoms with Gasteiger partial charge in [-0.05, 0) is 49.1 Å². The molecule has 1 aliphatic carbocycles. The quantitative estimate of drug-likeness (QED) is 0.710. The molecule has 3 rings (SSSR count). The molecular weight excluding hydrogens is 369 g/mol. The van der Waals surface area contributed by atoms with Crippen LogP contribution in [0.3, 0.4) is 0 Å². The molecule has 0 aromatic heterocycles. The zero-order valence-corrected chi connectivity index (χ0v) is 15.7. The van der Waals surface area contributed by atoms with Gasteiger partial charge in [-0.15, -0.1) is 0 Å². The van der Waals surface area contributed by atoms with Crippen LogP contribution in [0.2, 0.25) is 0 Å². The van der Waals surface area contributed by atoms with Crippen molar-refractivity contribution in [2.24, 2.45) is 0 Å². The van der Waals surface area contributed by atoms with Gasteiger partial charge >= 0.3 is 5.97 Å². The predicted octanol–water partition coefficient (Wildman–Crippen LogP) is 3.51. The van der Waals surface area contributed by atoms with Gasteiger partial charge in [0.2, 0.25) is 0 Å². The molecule has 0 fully saturated rings. The Kier molecular flexibility index (Phi) is 5.60. The summed E-state index contributed by atoms with van der Waals surface area (Å²) in [6.45, 7) is 1.15. The Morgan fingerprint density at radius 1 is 1.11 bits per heavy atom. The van der Waals surface area contributed by atoms with Crippen LogP contribution >= 0.6 is 0 Å². The summed E-state index contributed by atoms with van der Waals surface area (Å²) in [5.41, 5.74) is 1.69. The van der Waals surface area contributed by atoms with Crippen molar-refractivity contribution in [1.29, 1.82) is 0 Å². The van der Waals surface area contributed by atoms with Crippen LogP contribution in [0.4, 0.5) is 10.1 Å². The summed E-state index contributed by atoms with van der Waals surface area (Å²) >= 11 is 0. The average Bonchev–Trinajstić information content (AvgIpc) is 2.66. The lowest BCUT2D eigenvalue weighted by atomic mass is 9.98. The number of ether oxygens (including phenoxy) is 1. The minimum Gasteiger partial charge on any atom is -0.465 e. The first-order valence-corrected chi connectivity index (χ1v) is 10.1. The van der Waals surface area contributed by atoms with Gasteiger partial charge in [0.1, 0.15) is 12.4 Å². The van der Waals surface area contributed by atoms with E-state index >= 15 is 0 Å². The lowest BCUT2D eigenvalue weighted by Crippen LogP contribution is -2.38. The van der Waals surface area contributed by atoms with Crippen LogP contribution in [0.5, 0.6) is 0 Å². The van der Waals surface area contributed by atoms with E-state index in [4.69, 9.17) is 4.74 Å². The molecule has 0 amide bonds. The van der Waals surface area contributed by atoms with E-state index in [0.717, 1.165) is 21.5 Å². The highest BCUT2D eigenvalue weighted by Gasteiger charge is 2.32. The summed E-state index contributed by atoms with van der Waals surface area (Å²) in [6.07, 6.45) is 2.44. The second-order valence-corrected chi connectivity index (χ2v) is 7.99. The number of para-hydroxylation sites is 1. The third kappa shape index (κ3) is 4.03. The second-order valence-electron chi connectivity index (χ2n) is 6.08. The highest BCUT2D eigenvalue weighted by molar-refractivity contribution is 7.96. The number of hydrogen-bond acceptors (Lipinski definition) is 4. The van der Waals surface area contributed by atoms with Crippen molar-refractivity contribution in [3.8, 4) is 0 Å². The van der Waals surface area contributed by atoms with E-state index in [9.17, 15) is 17.6 Å². The number of hydrogen-bond donors (Lipinski definition) is 0. The molecule has 27 heavy (non-hydrogen) atoms. The first-order chi connectivity index (χ1) is 12.9. The van der Waals surface area contributed by atoms with Gasteiger partial charge in [-0.25, -0.2) is 12.8 Å². The molecule has 5 nitrogen and oxygen atoms in total. The van der Waals surface area contributed by atoms with Crippen LogP contribution in [0.1, 0.15) is 24.5 Å². The van der Waals surface area contributed by atoms with Crippen LogP contribution < -0.4 is 4.31 Å². The summed E-state index contributed by atoms with van der Waals surface area (Å²) < 4.78 is 46.6. The van der Waals surface area contributed by atoms with E-state index in [2.05, 4.69) is 0 Å². The van der Waals surface area contributed by atoms with Gasteiger partial charge in [0.15, 0.2) is 0 Å². The molecule has 2 aromatic rings. The smallest absolute Gasteiger partial charge is 0.326 e. The van der Waals surface area contributed by atoms with E-state index in [-0.39, 0.29) is 23.6 Å². The molecule has 0 saturated heterocycles. The fourth-order valence-corrected chi connectivity index (χ4v) is 4.63. The number of carbonyl (C=O) groups is 1. The van der Waals surface area contributed by atoms with Crippen LogP contribution in [0.15, 0.2) is 53.4 Å². The van der Waals surface area contributed by atoms with Gasteiger partial charge in [-0.1, -0.05) is 36.4 Å². The molecule has 0 unspecified atom stereocenters. The number of benzene rings is 2. The van der Waals surface area contributed by atoms with Crippen molar-refractivity contribution in [2.45, 2.75) is 19.8 Å². The molecule has 1 aliphatic rings. The summed E-state index contributed by atoms with van der Waals surface area (Å²) in [7, 11) is -4.10. The summed E-state index contributed by atoms with van der Waals surface area (Å²) in [4.78, 5) is 12.1. The third-order valence-corrected chi connectivity index (χ3v) is 6.22. The van der Waals surface area contributed by atoms with E-state index in [1.54, 1.807) is 13.0 Å². The fourth-order valence-electron chi connectivity index (χ4n) is 3.03. The largest absolute Gasteiger partial charge is 0.465 e. The van der Waals surface area contributed by atoms with Crippen molar-refractivity contribution in [3.63, 3.8) is 0 Å². The number of allylic oxidation sites excluding steroid dienone is 1. The van der Waals surface area contributed by atoms with Gasteiger partial charge < -0.3 is 4.74 Å². The number of rotatable bonds is 6. The Morgan fingerprint density at radius 3 is 2.56 bits per heavy atom. The molecule has 0 spiro atoms. The molecule has 0 N–H and O–H groups in total. The SMILES string of the molecule is CCOC(=O)CN(c1ccccc1F)S(=O)(=O)C1=Cc2ccccc2CC1. The van der Waals surface area contributed by atoms with Crippen molar-refractivity contribution in [1.82, 2.24) is 0 Å². The van der Waals surface area contributed by atoms with E-state index in [0.29, 0.717) is 6.42 Å². The van der Waals surface area contributed by atoms with Crippen molar-refractivity contribution in [3.05, 3.63) is 70.4 Å². The van der Waals surface area contributed by atoms with E-state index in [1.807, 2.05) is 24.3 Å². The summed E-state index contributed by atoms with van der Waals surface area (Å²) in [6, 6.07) is 13.0. The number of sulfonamides is 1. The maximum Gasteiger partial charge on any atom is 0.326 e. The molecular formula is C20H20FNO4S. The first-order valence-electron chi connectivity index (χ1n) is 8.65. The maximum absolute atomic E-state index is 14.3. The standard InChI is InChI=1S/C20H20FNO4S/c1-2-26-20(23)14-22(19-10-6-5-9-18(19)21)27(24,25)17-12-11-15-7-3-4-8-16(15)13-17/h3-10,13H,2,11-12,14H2,1H3. The highest BCUT2D eigenvalue weighted by atomic mass is 32.2.